The molecule has 1 fully saturated rings. The molecule has 0 saturated heterocycles. The van der Waals surface area contributed by atoms with Gasteiger partial charge in [0, 0.05) is 17.3 Å². The lowest BCUT2D eigenvalue weighted by atomic mass is 9.87. The van der Waals surface area contributed by atoms with Gasteiger partial charge in [0.1, 0.15) is 12.1 Å². The predicted octanol–water partition coefficient (Wildman–Crippen LogP) is 2.43. The van der Waals surface area contributed by atoms with Crippen molar-refractivity contribution in [2.45, 2.75) is 43.5 Å². The molecule has 10 nitrogen and oxygen atoms in total. The summed E-state index contributed by atoms with van der Waals surface area (Å²) in [4.78, 5) is 22.1. The van der Waals surface area contributed by atoms with Crippen LogP contribution in [0.25, 0.3) is 0 Å². The maximum atomic E-state index is 13.4. The maximum absolute atomic E-state index is 13.4. The first kappa shape index (κ1) is 26.6. The van der Waals surface area contributed by atoms with E-state index in [1.54, 1.807) is 18.2 Å². The van der Waals surface area contributed by atoms with Crippen molar-refractivity contribution in [1.82, 2.24) is 14.7 Å². The van der Waals surface area contributed by atoms with E-state index in [0.29, 0.717) is 15.7 Å². The number of nitrogens with one attached hydrogen (secondary N) is 2. The van der Waals surface area contributed by atoms with E-state index in [2.05, 4.69) is 24.2 Å². The second-order valence-corrected chi connectivity index (χ2v) is 11.6. The Morgan fingerprint density at radius 3 is 2.81 bits per heavy atom. The molecule has 0 bridgehead atoms. The number of aliphatic hydroxyl groups excluding tert-OH is 1. The van der Waals surface area contributed by atoms with E-state index in [1.807, 2.05) is 24.4 Å². The number of carbonyl (C=O) groups excluding carboxylic acids is 1. The van der Waals surface area contributed by atoms with Crippen LogP contribution in [0.3, 0.4) is 0 Å². The van der Waals surface area contributed by atoms with Crippen molar-refractivity contribution >= 4 is 44.8 Å². The van der Waals surface area contributed by atoms with Crippen LogP contribution in [0, 0.1) is 0 Å². The summed E-state index contributed by atoms with van der Waals surface area (Å²) in [6.45, 7) is 1.85. The minimum atomic E-state index is -3.96. The Kier molecular flexibility index (Phi) is 7.76. The average molecular weight is 552 g/mol. The molecule has 3 aromatic rings. The van der Waals surface area contributed by atoms with E-state index in [9.17, 15) is 18.3 Å². The van der Waals surface area contributed by atoms with Gasteiger partial charge in [0.2, 0.25) is 5.78 Å². The number of hydrogen-bond acceptors (Lipinski definition) is 10. The summed E-state index contributed by atoms with van der Waals surface area (Å²) in [6.07, 6.45) is 2.33. The second kappa shape index (κ2) is 10.5. The molecule has 36 heavy (non-hydrogen) atoms. The molecule has 1 aliphatic carbocycles. The van der Waals surface area contributed by atoms with Gasteiger partial charge in [-0.05, 0) is 54.5 Å². The Bertz CT molecular complexity index is 1360. The van der Waals surface area contributed by atoms with Gasteiger partial charge in [-0.1, -0.05) is 23.7 Å². The fourth-order valence-electron chi connectivity index (χ4n) is 4.14. The highest BCUT2D eigenvalue weighted by Gasteiger charge is 2.36. The zero-order valence-electron chi connectivity index (χ0n) is 19.5. The summed E-state index contributed by atoms with van der Waals surface area (Å²) in [5, 5.41) is 15.9. The molecule has 1 aromatic carbocycles. The minimum absolute atomic E-state index is 0.253. The van der Waals surface area contributed by atoms with Crippen LogP contribution in [0.15, 0.2) is 48.2 Å². The van der Waals surface area contributed by atoms with Gasteiger partial charge in [0.15, 0.2) is 0 Å². The average Bonchev–Trinajstić information content (AvgIpc) is 3.46. The van der Waals surface area contributed by atoms with Crippen LogP contribution in [0.2, 0.25) is 5.02 Å². The smallest absolute Gasteiger partial charge is 0.335 e. The summed E-state index contributed by atoms with van der Waals surface area (Å²) in [5.74, 6) is 0.00850. The second-order valence-electron chi connectivity index (χ2n) is 8.75. The lowest BCUT2D eigenvalue weighted by Gasteiger charge is -2.24. The highest BCUT2D eigenvalue weighted by molar-refractivity contribution is 7.84. The Balaban J connectivity index is 1.52. The van der Waals surface area contributed by atoms with Crippen LogP contribution in [0.1, 0.15) is 46.1 Å². The summed E-state index contributed by atoms with van der Waals surface area (Å²) >= 11 is 7.40. The van der Waals surface area contributed by atoms with Crippen molar-refractivity contribution in [3.05, 3.63) is 74.8 Å². The third-order valence-corrected chi connectivity index (χ3v) is 8.38. The summed E-state index contributed by atoms with van der Waals surface area (Å²) < 4.78 is 30.1. The normalized spacial score (nSPS) is 21.8. The van der Waals surface area contributed by atoms with Gasteiger partial charge in [0.25, 0.3) is 0 Å². The number of anilines is 1. The number of hydrogen-bond donors (Lipinski definition) is 4. The van der Waals surface area contributed by atoms with Gasteiger partial charge in [-0.15, -0.1) is 11.3 Å². The van der Waals surface area contributed by atoms with Crippen LogP contribution < -0.4 is 15.8 Å². The van der Waals surface area contributed by atoms with Gasteiger partial charge < -0.3 is 16.2 Å². The zero-order valence-corrected chi connectivity index (χ0v) is 21.9. The molecular weight excluding hydrogens is 526 g/mol. The molecule has 0 amide bonds. The number of rotatable bonds is 9. The van der Waals surface area contributed by atoms with Crippen molar-refractivity contribution in [3.8, 4) is 0 Å². The number of aromatic nitrogens is 2. The van der Waals surface area contributed by atoms with E-state index < -0.39 is 28.0 Å². The molecular formula is C23H26ClN5O5S2. The lowest BCUT2D eigenvalue weighted by molar-refractivity contribution is 0.104. The van der Waals surface area contributed by atoms with Crippen molar-refractivity contribution < 1.29 is 22.5 Å². The largest absolute Gasteiger partial charge is 0.391 e. The minimum Gasteiger partial charge on any atom is -0.391 e. The molecule has 4 rings (SSSR count). The molecule has 1 saturated carbocycles. The number of halogens is 1. The van der Waals surface area contributed by atoms with E-state index >= 15 is 0 Å². The van der Waals surface area contributed by atoms with E-state index in [-0.39, 0.29) is 30.2 Å². The molecule has 1 aliphatic rings. The number of nitrogens with zero attached hydrogens (tertiary/aromatic N) is 2. The first-order chi connectivity index (χ1) is 17.0. The van der Waals surface area contributed by atoms with Crippen LogP contribution in [-0.4, -0.2) is 54.6 Å². The number of carbonyl (C=O) groups is 1. The lowest BCUT2D eigenvalue weighted by Crippen LogP contribution is -2.40. The first-order valence-corrected chi connectivity index (χ1v) is 13.7. The molecule has 0 unspecified atom stereocenters. The Morgan fingerprint density at radius 1 is 1.31 bits per heavy atom. The molecule has 4 atom stereocenters. The number of thiophene rings is 1. The molecule has 192 valence electrons. The van der Waals surface area contributed by atoms with Crippen molar-refractivity contribution in [2.75, 3.05) is 12.4 Å². The predicted molar refractivity (Wildman–Crippen MR) is 137 cm³/mol. The number of nitrogens with two attached hydrogens (primary N) is 1. The van der Waals surface area contributed by atoms with E-state index in [0.717, 1.165) is 18.2 Å². The SMILES string of the molecule is COS(=O)(=O)N[C@@H]1C[C@@H](Nc2ncncc2C(=O)c2cc([C@](C)(N)c3cccc(Cl)c3)cs2)C[C@@H]1O. The van der Waals surface area contributed by atoms with Gasteiger partial charge in [-0.3, -0.25) is 8.98 Å². The highest BCUT2D eigenvalue weighted by atomic mass is 35.5. The fraction of sp³-hybridized carbons (Fsp3) is 0.348. The summed E-state index contributed by atoms with van der Waals surface area (Å²) in [7, 11) is -2.92. The Labute approximate surface area is 218 Å². The monoisotopic (exact) mass is 551 g/mol. The number of ketones is 1. The van der Waals surface area contributed by atoms with Crippen LogP contribution >= 0.6 is 22.9 Å². The fourth-order valence-corrected chi connectivity index (χ4v) is 6.03. The molecule has 5 N–H and O–H groups in total. The van der Waals surface area contributed by atoms with Gasteiger partial charge >= 0.3 is 10.3 Å². The number of benzene rings is 1. The third-order valence-electron chi connectivity index (χ3n) is 6.19. The van der Waals surface area contributed by atoms with E-state index in [4.69, 9.17) is 17.3 Å². The van der Waals surface area contributed by atoms with Crippen LogP contribution in [0.4, 0.5) is 5.82 Å². The first-order valence-electron chi connectivity index (χ1n) is 11.0. The Morgan fingerprint density at radius 2 is 2.08 bits per heavy atom. The van der Waals surface area contributed by atoms with Gasteiger partial charge in [-0.2, -0.15) is 13.1 Å². The highest BCUT2D eigenvalue weighted by Crippen LogP contribution is 2.33. The molecule has 2 heterocycles. The molecule has 0 aliphatic heterocycles. The van der Waals surface area contributed by atoms with Crippen LogP contribution in [0.5, 0.6) is 0 Å². The van der Waals surface area contributed by atoms with Crippen LogP contribution in [-0.2, 0) is 20.0 Å². The van der Waals surface area contributed by atoms with Crippen molar-refractivity contribution in [2.24, 2.45) is 5.73 Å². The quantitative estimate of drug-likeness (QED) is 0.293. The maximum Gasteiger partial charge on any atom is 0.335 e. The zero-order chi connectivity index (χ0) is 26.1. The van der Waals surface area contributed by atoms with Gasteiger partial charge in [0.05, 0.1) is 35.2 Å². The van der Waals surface area contributed by atoms with Crippen molar-refractivity contribution in [3.63, 3.8) is 0 Å². The third kappa shape index (κ3) is 5.75. The molecule has 0 spiro atoms. The molecule has 2 aromatic heterocycles. The summed E-state index contributed by atoms with van der Waals surface area (Å²) in [6, 6.07) is 7.95. The van der Waals surface area contributed by atoms with Crippen molar-refractivity contribution in [1.29, 1.82) is 0 Å². The standard InChI is InChI=1S/C23H26ClN5O5S2/c1-23(25,13-4-3-5-15(24)6-13)14-7-20(35-11-14)21(31)17-10-26-12-27-22(17)28-16-8-18(19(30)9-16)29-36(32,33)34-2/h3-7,10-12,16,18-19,29-30H,8-9,25H2,1-2H3,(H,26,27,28)/t16-,18-,19+,23-/m1/s1. The number of aliphatic hydroxyl groups is 1. The topological polar surface area (TPSA) is 157 Å². The Hall–Kier alpha value is -2.45. The van der Waals surface area contributed by atoms with E-state index in [1.165, 1.54) is 23.9 Å². The molecule has 0 radical (unpaired) electrons. The molecule has 13 heteroatoms. The summed E-state index contributed by atoms with van der Waals surface area (Å²) in [5.41, 5.74) is 7.58. The van der Waals surface area contributed by atoms with Gasteiger partial charge in [-0.25, -0.2) is 9.97 Å².